The fourth-order valence-electron chi connectivity index (χ4n) is 1.93. The highest BCUT2D eigenvalue weighted by Gasteiger charge is 2.15. The molecule has 0 aromatic heterocycles. The monoisotopic (exact) mass is 260 g/mol. The molecule has 98 valence electrons. The normalized spacial score (nSPS) is 12.2. The molecule has 0 fully saturated rings. The minimum atomic E-state index is -0.513. The first-order valence-electron chi connectivity index (χ1n) is 5.75. The van der Waals surface area contributed by atoms with Crippen molar-refractivity contribution in [2.24, 2.45) is 5.73 Å². The van der Waals surface area contributed by atoms with Crippen molar-refractivity contribution in [3.63, 3.8) is 0 Å². The molecule has 0 aliphatic carbocycles. The Bertz CT molecular complexity index is 611. The minimum Gasteiger partial charge on any atom is -0.320 e. The maximum Gasteiger partial charge on any atom is 0.269 e. The van der Waals surface area contributed by atoms with Crippen LogP contribution in [-0.4, -0.2) is 4.92 Å². The predicted molar refractivity (Wildman–Crippen MR) is 70.3 cm³/mol. The Morgan fingerprint density at radius 3 is 2.42 bits per heavy atom. The van der Waals surface area contributed by atoms with Gasteiger partial charge in [-0.2, -0.15) is 0 Å². The molecule has 2 rings (SSSR count). The van der Waals surface area contributed by atoms with Gasteiger partial charge in [0.1, 0.15) is 5.82 Å². The van der Waals surface area contributed by atoms with Gasteiger partial charge >= 0.3 is 0 Å². The molecule has 0 saturated heterocycles. The Labute approximate surface area is 109 Å². The Hall–Kier alpha value is -2.27. The van der Waals surface area contributed by atoms with Crippen molar-refractivity contribution in [1.82, 2.24) is 0 Å². The molecule has 0 bridgehead atoms. The van der Waals surface area contributed by atoms with Crippen LogP contribution in [0.25, 0.3) is 0 Å². The van der Waals surface area contributed by atoms with E-state index in [9.17, 15) is 14.5 Å². The second-order valence-electron chi connectivity index (χ2n) is 4.33. The fraction of sp³-hybridized carbons (Fsp3) is 0.143. The molecule has 2 aromatic rings. The lowest BCUT2D eigenvalue weighted by Gasteiger charge is -2.15. The zero-order valence-electron chi connectivity index (χ0n) is 10.3. The molecule has 0 amide bonds. The van der Waals surface area contributed by atoms with E-state index in [4.69, 9.17) is 5.73 Å². The van der Waals surface area contributed by atoms with Gasteiger partial charge in [-0.05, 0) is 35.7 Å². The van der Waals surface area contributed by atoms with Gasteiger partial charge in [-0.1, -0.05) is 18.2 Å². The van der Waals surface area contributed by atoms with Crippen molar-refractivity contribution in [1.29, 1.82) is 0 Å². The molecule has 2 aromatic carbocycles. The van der Waals surface area contributed by atoms with Crippen LogP contribution in [0.1, 0.15) is 22.7 Å². The van der Waals surface area contributed by atoms with Crippen LogP contribution < -0.4 is 5.73 Å². The molecule has 1 unspecified atom stereocenters. The molecule has 0 heterocycles. The molecular weight excluding hydrogens is 247 g/mol. The van der Waals surface area contributed by atoms with Crippen LogP contribution in [0.4, 0.5) is 10.1 Å². The summed E-state index contributed by atoms with van der Waals surface area (Å²) in [5.74, 6) is -0.341. The van der Waals surface area contributed by atoms with Crippen LogP contribution in [0.5, 0.6) is 0 Å². The summed E-state index contributed by atoms with van der Waals surface area (Å²) in [4.78, 5) is 10.3. The largest absolute Gasteiger partial charge is 0.320 e. The summed E-state index contributed by atoms with van der Waals surface area (Å²) >= 11 is 0. The number of nitrogens with zero attached hydrogens (tertiary/aromatic N) is 1. The summed E-state index contributed by atoms with van der Waals surface area (Å²) < 4.78 is 12.9. The van der Waals surface area contributed by atoms with Gasteiger partial charge in [-0.3, -0.25) is 10.1 Å². The number of nitrogens with two attached hydrogens (primary N) is 1. The summed E-state index contributed by atoms with van der Waals surface area (Å²) in [6, 6.07) is 9.86. The van der Waals surface area contributed by atoms with Crippen LogP contribution in [0.15, 0.2) is 42.5 Å². The lowest BCUT2D eigenvalue weighted by Crippen LogP contribution is -2.13. The van der Waals surface area contributed by atoms with Gasteiger partial charge in [-0.25, -0.2) is 4.39 Å². The number of nitro benzene ring substituents is 1. The van der Waals surface area contributed by atoms with E-state index < -0.39 is 11.0 Å². The van der Waals surface area contributed by atoms with Gasteiger partial charge < -0.3 is 5.73 Å². The molecule has 2 N–H and O–H groups in total. The zero-order valence-corrected chi connectivity index (χ0v) is 10.3. The highest BCUT2D eigenvalue weighted by atomic mass is 19.1. The third-order valence-corrected chi connectivity index (χ3v) is 3.04. The smallest absolute Gasteiger partial charge is 0.269 e. The molecule has 0 radical (unpaired) electrons. The van der Waals surface area contributed by atoms with Gasteiger partial charge in [0.2, 0.25) is 0 Å². The number of rotatable bonds is 3. The van der Waals surface area contributed by atoms with E-state index in [-0.39, 0.29) is 11.5 Å². The third kappa shape index (κ3) is 2.77. The summed E-state index contributed by atoms with van der Waals surface area (Å²) in [6.07, 6.45) is 0. The Morgan fingerprint density at radius 1 is 1.21 bits per heavy atom. The van der Waals surface area contributed by atoms with Crippen LogP contribution in [-0.2, 0) is 0 Å². The van der Waals surface area contributed by atoms with Gasteiger partial charge in [0.25, 0.3) is 5.69 Å². The maximum absolute atomic E-state index is 12.9. The summed E-state index contributed by atoms with van der Waals surface area (Å²) in [5, 5.41) is 10.8. The summed E-state index contributed by atoms with van der Waals surface area (Å²) in [6.45, 7) is 1.84. The highest BCUT2D eigenvalue weighted by molar-refractivity contribution is 5.44. The molecule has 4 nitrogen and oxygen atoms in total. The average Bonchev–Trinajstić information content (AvgIpc) is 2.39. The van der Waals surface area contributed by atoms with Crippen LogP contribution >= 0.6 is 0 Å². The van der Waals surface area contributed by atoms with E-state index in [1.165, 1.54) is 24.3 Å². The lowest BCUT2D eigenvalue weighted by atomic mass is 9.95. The second kappa shape index (κ2) is 5.16. The van der Waals surface area contributed by atoms with Gasteiger partial charge in [0, 0.05) is 12.1 Å². The Kier molecular flexibility index (Phi) is 3.57. The number of non-ortho nitro benzene ring substituents is 1. The molecule has 0 saturated carbocycles. The SMILES string of the molecule is Cc1ccc([N+](=O)[O-])cc1C(N)c1ccc(F)cc1. The van der Waals surface area contributed by atoms with Gasteiger partial charge in [0.05, 0.1) is 11.0 Å². The van der Waals surface area contributed by atoms with Gasteiger partial charge in [0.15, 0.2) is 0 Å². The average molecular weight is 260 g/mol. The summed E-state index contributed by atoms with van der Waals surface area (Å²) in [5.41, 5.74) is 8.33. The first kappa shape index (κ1) is 13.2. The zero-order chi connectivity index (χ0) is 14.0. The molecule has 0 spiro atoms. The number of nitro groups is 1. The highest BCUT2D eigenvalue weighted by Crippen LogP contribution is 2.26. The fourth-order valence-corrected chi connectivity index (χ4v) is 1.93. The van der Waals surface area contributed by atoms with E-state index in [2.05, 4.69) is 0 Å². The molecule has 5 heteroatoms. The van der Waals surface area contributed by atoms with E-state index in [1.54, 1.807) is 18.2 Å². The van der Waals surface area contributed by atoms with Crippen molar-refractivity contribution in [3.8, 4) is 0 Å². The van der Waals surface area contributed by atoms with E-state index in [0.717, 1.165) is 5.56 Å². The number of benzene rings is 2. The summed E-state index contributed by atoms with van der Waals surface area (Å²) in [7, 11) is 0. The number of hydrogen-bond donors (Lipinski definition) is 1. The molecular formula is C14H13FN2O2. The van der Waals surface area contributed by atoms with Crippen molar-refractivity contribution in [3.05, 3.63) is 75.1 Å². The van der Waals surface area contributed by atoms with Crippen LogP contribution in [0.3, 0.4) is 0 Å². The minimum absolute atomic E-state index is 0.00170. The standard InChI is InChI=1S/C14H13FN2O2/c1-9-2-7-12(17(18)19)8-13(9)14(16)10-3-5-11(15)6-4-10/h2-8,14H,16H2,1H3. The van der Waals surface area contributed by atoms with E-state index in [0.29, 0.717) is 11.1 Å². The Morgan fingerprint density at radius 2 is 1.84 bits per heavy atom. The van der Waals surface area contributed by atoms with Crippen molar-refractivity contribution >= 4 is 5.69 Å². The molecule has 0 aliphatic heterocycles. The maximum atomic E-state index is 12.9. The van der Waals surface area contributed by atoms with Crippen LogP contribution in [0, 0.1) is 22.9 Å². The molecule has 19 heavy (non-hydrogen) atoms. The number of hydrogen-bond acceptors (Lipinski definition) is 3. The predicted octanol–water partition coefficient (Wildman–Crippen LogP) is 3.09. The number of aryl methyl sites for hydroxylation is 1. The molecule has 0 aliphatic rings. The Balaban J connectivity index is 2.42. The topological polar surface area (TPSA) is 69.2 Å². The van der Waals surface area contributed by atoms with E-state index in [1.807, 2.05) is 6.92 Å². The number of halogens is 1. The van der Waals surface area contributed by atoms with Gasteiger partial charge in [-0.15, -0.1) is 0 Å². The lowest BCUT2D eigenvalue weighted by molar-refractivity contribution is -0.384. The second-order valence-corrected chi connectivity index (χ2v) is 4.33. The first-order valence-corrected chi connectivity index (χ1v) is 5.75. The van der Waals surface area contributed by atoms with Crippen molar-refractivity contribution in [2.45, 2.75) is 13.0 Å². The van der Waals surface area contributed by atoms with Crippen LogP contribution in [0.2, 0.25) is 0 Å². The van der Waals surface area contributed by atoms with Crippen molar-refractivity contribution in [2.75, 3.05) is 0 Å². The molecule has 1 atom stereocenters. The quantitative estimate of drug-likeness (QED) is 0.681. The first-order chi connectivity index (χ1) is 8.99. The van der Waals surface area contributed by atoms with Crippen molar-refractivity contribution < 1.29 is 9.31 Å². The third-order valence-electron chi connectivity index (χ3n) is 3.04. The van der Waals surface area contributed by atoms with E-state index >= 15 is 0 Å².